The van der Waals surface area contributed by atoms with Gasteiger partial charge in [0, 0.05) is 12.5 Å². The Labute approximate surface area is 67.6 Å². The van der Waals surface area contributed by atoms with Crippen LogP contribution < -0.4 is 0 Å². The van der Waals surface area contributed by atoms with Crippen molar-refractivity contribution in [3.63, 3.8) is 0 Å². The van der Waals surface area contributed by atoms with Crippen LogP contribution in [0.2, 0.25) is 0 Å². The number of rotatable bonds is 3. The van der Waals surface area contributed by atoms with Gasteiger partial charge in [-0.15, -0.1) is 0 Å². The minimum atomic E-state index is -0.0108. The number of carbonyl (C=O) groups excluding carboxylic acids is 1. The molecular weight excluding hydrogens is 140 g/mol. The average Bonchev–Trinajstić information content (AvgIpc) is 1.98. The van der Waals surface area contributed by atoms with Crippen molar-refractivity contribution in [3.8, 4) is 6.07 Å². The van der Waals surface area contributed by atoms with Crippen molar-refractivity contribution in [2.75, 3.05) is 13.1 Å². The van der Waals surface area contributed by atoms with E-state index in [1.54, 1.807) is 4.90 Å². The topological polar surface area (TPSA) is 44.1 Å². The molecule has 0 bridgehead atoms. The molecule has 11 heavy (non-hydrogen) atoms. The maximum absolute atomic E-state index is 11.2. The van der Waals surface area contributed by atoms with Gasteiger partial charge in [-0.3, -0.25) is 4.79 Å². The van der Waals surface area contributed by atoms with Crippen molar-refractivity contribution in [1.29, 1.82) is 5.26 Å². The quantitative estimate of drug-likeness (QED) is 0.569. The van der Waals surface area contributed by atoms with Crippen LogP contribution in [0, 0.1) is 17.2 Å². The van der Waals surface area contributed by atoms with Gasteiger partial charge in [-0.1, -0.05) is 13.8 Å². The van der Waals surface area contributed by atoms with Crippen molar-refractivity contribution in [3.05, 3.63) is 0 Å². The zero-order chi connectivity index (χ0) is 8.85. The molecular formula is C8H14N2O. The fourth-order valence-electron chi connectivity index (χ4n) is 0.796. The molecule has 62 valence electrons. The maximum Gasteiger partial charge on any atom is 0.225 e. The number of carbonyl (C=O) groups is 1. The van der Waals surface area contributed by atoms with Crippen LogP contribution in [0.4, 0.5) is 0 Å². The highest BCUT2D eigenvalue weighted by Crippen LogP contribution is 1.99. The molecule has 0 fully saturated rings. The Hall–Kier alpha value is -1.04. The van der Waals surface area contributed by atoms with E-state index in [0.717, 1.165) is 0 Å². The molecule has 0 atom stereocenters. The number of amides is 1. The molecule has 0 spiro atoms. The van der Waals surface area contributed by atoms with Crippen molar-refractivity contribution < 1.29 is 4.79 Å². The van der Waals surface area contributed by atoms with Gasteiger partial charge >= 0.3 is 0 Å². The number of nitriles is 1. The third-order valence-corrected chi connectivity index (χ3v) is 1.45. The average molecular weight is 154 g/mol. The van der Waals surface area contributed by atoms with Crippen LogP contribution in [0.15, 0.2) is 0 Å². The van der Waals surface area contributed by atoms with E-state index in [1.165, 1.54) is 0 Å². The molecule has 0 unspecified atom stereocenters. The van der Waals surface area contributed by atoms with E-state index in [2.05, 4.69) is 0 Å². The summed E-state index contributed by atoms with van der Waals surface area (Å²) in [5.41, 5.74) is 0. The van der Waals surface area contributed by atoms with Crippen LogP contribution in [0.1, 0.15) is 20.8 Å². The van der Waals surface area contributed by atoms with Crippen molar-refractivity contribution >= 4 is 5.91 Å². The first-order valence-electron chi connectivity index (χ1n) is 3.79. The van der Waals surface area contributed by atoms with Crippen molar-refractivity contribution in [2.45, 2.75) is 20.8 Å². The molecule has 0 aromatic carbocycles. The molecule has 0 aromatic heterocycles. The van der Waals surface area contributed by atoms with Crippen LogP contribution in [0.25, 0.3) is 0 Å². The first-order valence-corrected chi connectivity index (χ1v) is 3.79. The van der Waals surface area contributed by atoms with Gasteiger partial charge in [0.25, 0.3) is 0 Å². The number of nitrogens with zero attached hydrogens (tertiary/aromatic N) is 2. The highest BCUT2D eigenvalue weighted by Gasteiger charge is 2.13. The summed E-state index contributed by atoms with van der Waals surface area (Å²) >= 11 is 0. The Morgan fingerprint density at radius 2 is 2.18 bits per heavy atom. The maximum atomic E-state index is 11.2. The van der Waals surface area contributed by atoms with Gasteiger partial charge in [0.2, 0.25) is 5.91 Å². The van der Waals surface area contributed by atoms with Crippen molar-refractivity contribution in [1.82, 2.24) is 4.90 Å². The molecule has 3 nitrogen and oxygen atoms in total. The van der Waals surface area contributed by atoms with Crippen LogP contribution in [0.3, 0.4) is 0 Å². The van der Waals surface area contributed by atoms with Gasteiger partial charge in [-0.25, -0.2) is 0 Å². The Balaban J connectivity index is 4.05. The van der Waals surface area contributed by atoms with Crippen molar-refractivity contribution in [2.24, 2.45) is 5.92 Å². The predicted molar refractivity (Wildman–Crippen MR) is 42.7 cm³/mol. The van der Waals surface area contributed by atoms with E-state index in [1.807, 2.05) is 26.8 Å². The predicted octanol–water partition coefficient (Wildman–Crippen LogP) is 1.01. The van der Waals surface area contributed by atoms with E-state index in [9.17, 15) is 4.79 Å². The molecule has 1 amide bonds. The summed E-state index contributed by atoms with van der Waals surface area (Å²) in [6.45, 7) is 6.36. The SMILES string of the molecule is CCN(CC#N)C(=O)C(C)C. The third-order valence-electron chi connectivity index (χ3n) is 1.45. The summed E-state index contributed by atoms with van der Waals surface area (Å²) < 4.78 is 0. The van der Waals surface area contributed by atoms with E-state index >= 15 is 0 Å². The highest BCUT2D eigenvalue weighted by atomic mass is 16.2. The molecule has 0 aromatic rings. The van der Waals surface area contributed by atoms with Gasteiger partial charge in [0.15, 0.2) is 0 Å². The smallest absolute Gasteiger partial charge is 0.225 e. The lowest BCUT2D eigenvalue weighted by atomic mass is 10.2. The van der Waals surface area contributed by atoms with E-state index < -0.39 is 0 Å². The fraction of sp³-hybridized carbons (Fsp3) is 0.750. The first-order chi connectivity index (χ1) is 5.13. The van der Waals surface area contributed by atoms with Crippen LogP contribution >= 0.6 is 0 Å². The Morgan fingerprint density at radius 3 is 2.45 bits per heavy atom. The second-order valence-corrected chi connectivity index (χ2v) is 2.67. The zero-order valence-electron chi connectivity index (χ0n) is 7.29. The summed E-state index contributed by atoms with van der Waals surface area (Å²) in [7, 11) is 0. The molecule has 0 heterocycles. The van der Waals surface area contributed by atoms with Gasteiger partial charge in [-0.2, -0.15) is 5.26 Å². The van der Waals surface area contributed by atoms with Gasteiger partial charge in [0.1, 0.15) is 6.54 Å². The molecule has 3 heteroatoms. The first kappa shape index (κ1) is 9.96. The molecule has 0 rings (SSSR count). The standard InChI is InChI=1S/C8H14N2O/c1-4-10(6-5-9)8(11)7(2)3/h7H,4,6H2,1-3H3. The minimum absolute atomic E-state index is 0.0108. The van der Waals surface area contributed by atoms with E-state index in [0.29, 0.717) is 6.54 Å². The molecule has 0 aliphatic rings. The fourth-order valence-corrected chi connectivity index (χ4v) is 0.796. The minimum Gasteiger partial charge on any atom is -0.329 e. The third kappa shape index (κ3) is 3.03. The van der Waals surface area contributed by atoms with Gasteiger partial charge in [0.05, 0.1) is 6.07 Å². The number of hydrogen-bond acceptors (Lipinski definition) is 2. The second-order valence-electron chi connectivity index (χ2n) is 2.67. The summed E-state index contributed by atoms with van der Waals surface area (Å²) in [4.78, 5) is 12.8. The Morgan fingerprint density at radius 1 is 1.64 bits per heavy atom. The molecule has 0 aliphatic heterocycles. The van der Waals surface area contributed by atoms with Crippen LogP contribution in [-0.2, 0) is 4.79 Å². The summed E-state index contributed by atoms with van der Waals surface area (Å²) in [5.74, 6) is 0.0392. The largest absolute Gasteiger partial charge is 0.329 e. The van der Waals surface area contributed by atoms with E-state index in [4.69, 9.17) is 5.26 Å². The summed E-state index contributed by atoms with van der Waals surface area (Å²) in [6, 6.07) is 1.96. The normalized spacial score (nSPS) is 9.36. The lowest BCUT2D eigenvalue weighted by molar-refractivity contribution is -0.133. The number of hydrogen-bond donors (Lipinski definition) is 0. The lowest BCUT2D eigenvalue weighted by Crippen LogP contribution is -2.34. The molecule has 0 saturated carbocycles. The Kier molecular flexibility index (Phi) is 4.28. The zero-order valence-corrected chi connectivity index (χ0v) is 7.29. The molecule has 0 saturated heterocycles. The van der Waals surface area contributed by atoms with Crippen LogP contribution in [0.5, 0.6) is 0 Å². The van der Waals surface area contributed by atoms with E-state index in [-0.39, 0.29) is 18.4 Å². The second kappa shape index (κ2) is 4.73. The Bertz CT molecular complexity index is 169. The van der Waals surface area contributed by atoms with Crippen LogP contribution in [-0.4, -0.2) is 23.9 Å². The summed E-state index contributed by atoms with van der Waals surface area (Å²) in [6.07, 6.45) is 0. The highest BCUT2D eigenvalue weighted by molar-refractivity contribution is 5.78. The monoisotopic (exact) mass is 154 g/mol. The molecule has 0 aliphatic carbocycles. The van der Waals surface area contributed by atoms with Gasteiger partial charge < -0.3 is 4.90 Å². The lowest BCUT2D eigenvalue weighted by Gasteiger charge is -2.18. The molecule has 0 N–H and O–H groups in total. The molecule has 0 radical (unpaired) electrons. The summed E-state index contributed by atoms with van der Waals surface area (Å²) in [5, 5.41) is 8.35. The van der Waals surface area contributed by atoms with Gasteiger partial charge in [-0.05, 0) is 6.92 Å².